The fourth-order valence-corrected chi connectivity index (χ4v) is 2.10. The summed E-state index contributed by atoms with van der Waals surface area (Å²) >= 11 is 0. The van der Waals surface area contributed by atoms with Crippen molar-refractivity contribution in [3.63, 3.8) is 0 Å². The van der Waals surface area contributed by atoms with Crippen LogP contribution < -0.4 is 0 Å². The summed E-state index contributed by atoms with van der Waals surface area (Å²) in [4.78, 5) is 4.42. The lowest BCUT2D eigenvalue weighted by atomic mass is 10.1. The number of hydrogen-bond acceptors (Lipinski definition) is 5. The molecule has 6 nitrogen and oxygen atoms in total. The molecule has 0 unspecified atom stereocenters. The molecule has 1 atom stereocenters. The molecule has 96 valence electrons. The molecule has 0 radical (unpaired) electrons. The van der Waals surface area contributed by atoms with E-state index in [1.165, 1.54) is 0 Å². The summed E-state index contributed by atoms with van der Waals surface area (Å²) in [6.45, 7) is 2.39. The monoisotopic (exact) mass is 248 g/mol. The van der Waals surface area contributed by atoms with Gasteiger partial charge in [0.15, 0.2) is 5.82 Å². The van der Waals surface area contributed by atoms with Gasteiger partial charge < -0.3 is 9.26 Å². The predicted molar refractivity (Wildman–Crippen MR) is 63.0 cm³/mol. The zero-order valence-electron chi connectivity index (χ0n) is 10.2. The van der Waals surface area contributed by atoms with Crippen molar-refractivity contribution >= 4 is 0 Å². The van der Waals surface area contributed by atoms with Gasteiger partial charge in [0.25, 0.3) is 0 Å². The quantitative estimate of drug-likeness (QED) is 0.800. The van der Waals surface area contributed by atoms with E-state index in [0.717, 1.165) is 38.2 Å². The molecule has 1 aliphatic heterocycles. The minimum absolute atomic E-state index is 0.314. The minimum atomic E-state index is 0.314. The van der Waals surface area contributed by atoms with Crippen molar-refractivity contribution in [3.8, 4) is 0 Å². The van der Waals surface area contributed by atoms with Crippen LogP contribution in [0.2, 0.25) is 0 Å². The molecule has 0 aliphatic carbocycles. The van der Waals surface area contributed by atoms with Crippen LogP contribution in [-0.2, 0) is 17.7 Å². The van der Waals surface area contributed by atoms with Crippen molar-refractivity contribution in [2.75, 3.05) is 13.2 Å². The number of aromatic nitrogens is 4. The molecule has 1 saturated heterocycles. The van der Waals surface area contributed by atoms with E-state index in [-0.39, 0.29) is 0 Å². The summed E-state index contributed by atoms with van der Waals surface area (Å²) < 4.78 is 12.5. The molecule has 0 saturated carbocycles. The first-order valence-electron chi connectivity index (χ1n) is 6.29. The number of rotatable bonds is 5. The molecule has 2 aromatic rings. The van der Waals surface area contributed by atoms with Crippen LogP contribution in [0.5, 0.6) is 0 Å². The predicted octanol–water partition coefficient (Wildman–Crippen LogP) is 1.40. The summed E-state index contributed by atoms with van der Waals surface area (Å²) in [5.41, 5.74) is 0. The van der Waals surface area contributed by atoms with E-state index in [1.807, 2.05) is 16.9 Å². The van der Waals surface area contributed by atoms with Crippen molar-refractivity contribution in [3.05, 3.63) is 30.2 Å². The smallest absolute Gasteiger partial charge is 0.226 e. The third-order valence-corrected chi connectivity index (χ3v) is 3.12. The lowest BCUT2D eigenvalue weighted by Crippen LogP contribution is -2.01. The van der Waals surface area contributed by atoms with Crippen molar-refractivity contribution < 1.29 is 9.26 Å². The molecule has 0 spiro atoms. The second-order valence-corrected chi connectivity index (χ2v) is 4.48. The molecule has 2 aromatic heterocycles. The van der Waals surface area contributed by atoms with Crippen LogP contribution in [-0.4, -0.2) is 33.1 Å². The van der Waals surface area contributed by atoms with E-state index in [9.17, 15) is 0 Å². The van der Waals surface area contributed by atoms with Gasteiger partial charge in [-0.25, -0.2) is 0 Å². The highest BCUT2D eigenvalue weighted by molar-refractivity contribution is 4.97. The third-order valence-electron chi connectivity index (χ3n) is 3.12. The molecule has 0 amide bonds. The Kier molecular flexibility index (Phi) is 3.36. The Morgan fingerprint density at radius 2 is 2.44 bits per heavy atom. The van der Waals surface area contributed by atoms with Gasteiger partial charge in [0.05, 0.1) is 6.61 Å². The van der Waals surface area contributed by atoms with Gasteiger partial charge in [-0.2, -0.15) is 10.1 Å². The van der Waals surface area contributed by atoms with Gasteiger partial charge in [-0.15, -0.1) is 0 Å². The summed E-state index contributed by atoms with van der Waals surface area (Å²) in [6.07, 6.45) is 6.47. The van der Waals surface area contributed by atoms with E-state index in [1.54, 1.807) is 6.20 Å². The maximum Gasteiger partial charge on any atom is 0.226 e. The van der Waals surface area contributed by atoms with Crippen LogP contribution in [0.25, 0.3) is 0 Å². The Bertz CT molecular complexity index is 474. The van der Waals surface area contributed by atoms with E-state index < -0.39 is 0 Å². The molecule has 18 heavy (non-hydrogen) atoms. The highest BCUT2D eigenvalue weighted by Gasteiger charge is 2.22. The topological polar surface area (TPSA) is 66.0 Å². The number of hydrogen-bond donors (Lipinski definition) is 0. The maximum absolute atomic E-state index is 5.32. The van der Waals surface area contributed by atoms with E-state index in [4.69, 9.17) is 9.26 Å². The largest absolute Gasteiger partial charge is 0.381 e. The van der Waals surface area contributed by atoms with Crippen LogP contribution >= 0.6 is 0 Å². The molecule has 0 aromatic carbocycles. The van der Waals surface area contributed by atoms with Crippen LogP contribution in [0, 0.1) is 0 Å². The van der Waals surface area contributed by atoms with Crippen LogP contribution in [0.1, 0.15) is 30.5 Å². The highest BCUT2D eigenvalue weighted by Crippen LogP contribution is 2.22. The molecule has 0 N–H and O–H groups in total. The molecular formula is C12H16N4O2. The average molecular weight is 248 g/mol. The molecule has 3 rings (SSSR count). The summed E-state index contributed by atoms with van der Waals surface area (Å²) in [5, 5.41) is 8.17. The minimum Gasteiger partial charge on any atom is -0.381 e. The van der Waals surface area contributed by atoms with E-state index in [0.29, 0.717) is 18.4 Å². The number of ether oxygens (including phenoxy) is 1. The standard InChI is InChI=1S/C12H16N4O2/c1(6-16-7-2-5-13-16)3-11-14-12(15-18-11)10-4-8-17-9-10/h2,5,7,10H,1,3-4,6,8-9H2/t10-/m0/s1. The number of nitrogens with zero attached hydrogens (tertiary/aromatic N) is 4. The van der Waals surface area contributed by atoms with Crippen molar-refractivity contribution in [2.45, 2.75) is 31.7 Å². The maximum atomic E-state index is 5.32. The summed E-state index contributed by atoms with van der Waals surface area (Å²) in [7, 11) is 0. The number of aryl methyl sites for hydroxylation is 2. The fraction of sp³-hybridized carbons (Fsp3) is 0.583. The van der Waals surface area contributed by atoms with Gasteiger partial charge in [-0.05, 0) is 18.9 Å². The first-order chi connectivity index (χ1) is 8.92. The molecule has 1 aliphatic rings. The van der Waals surface area contributed by atoms with Crippen molar-refractivity contribution in [1.29, 1.82) is 0 Å². The molecule has 6 heteroatoms. The third kappa shape index (κ3) is 2.59. The van der Waals surface area contributed by atoms with Crippen molar-refractivity contribution in [2.24, 2.45) is 0 Å². The summed E-state index contributed by atoms with van der Waals surface area (Å²) in [6, 6.07) is 1.92. The lowest BCUT2D eigenvalue weighted by molar-refractivity contribution is 0.192. The van der Waals surface area contributed by atoms with Gasteiger partial charge >= 0.3 is 0 Å². The second-order valence-electron chi connectivity index (χ2n) is 4.48. The fourth-order valence-electron chi connectivity index (χ4n) is 2.10. The highest BCUT2D eigenvalue weighted by atomic mass is 16.5. The van der Waals surface area contributed by atoms with Gasteiger partial charge in [0.2, 0.25) is 5.89 Å². The Morgan fingerprint density at radius 3 is 3.22 bits per heavy atom. The second kappa shape index (κ2) is 5.30. The normalized spacial score (nSPS) is 19.4. The van der Waals surface area contributed by atoms with Crippen LogP contribution in [0.15, 0.2) is 23.0 Å². The Morgan fingerprint density at radius 1 is 1.44 bits per heavy atom. The Balaban J connectivity index is 1.50. The van der Waals surface area contributed by atoms with E-state index >= 15 is 0 Å². The molecular weight excluding hydrogens is 232 g/mol. The zero-order valence-corrected chi connectivity index (χ0v) is 10.2. The first kappa shape index (κ1) is 11.4. The van der Waals surface area contributed by atoms with Gasteiger partial charge in [-0.1, -0.05) is 5.16 Å². The SMILES string of the molecule is c1cnn(CCCc2nc([C@H]3CCOC3)no2)c1. The van der Waals surface area contributed by atoms with Gasteiger partial charge in [0.1, 0.15) is 0 Å². The Hall–Kier alpha value is -1.69. The molecule has 1 fully saturated rings. The average Bonchev–Trinajstić information content (AvgIpc) is 3.12. The molecule has 0 bridgehead atoms. The van der Waals surface area contributed by atoms with Crippen molar-refractivity contribution in [1.82, 2.24) is 19.9 Å². The van der Waals surface area contributed by atoms with Gasteiger partial charge in [0, 0.05) is 37.9 Å². The Labute approximate surface area is 105 Å². The van der Waals surface area contributed by atoms with Crippen LogP contribution in [0.4, 0.5) is 0 Å². The molecule has 3 heterocycles. The summed E-state index contributed by atoms with van der Waals surface area (Å²) in [5.74, 6) is 1.82. The van der Waals surface area contributed by atoms with Crippen LogP contribution in [0.3, 0.4) is 0 Å². The van der Waals surface area contributed by atoms with E-state index in [2.05, 4.69) is 15.2 Å². The first-order valence-corrected chi connectivity index (χ1v) is 6.29. The zero-order chi connectivity index (χ0) is 12.2. The van der Waals surface area contributed by atoms with Gasteiger partial charge in [-0.3, -0.25) is 4.68 Å². The lowest BCUT2D eigenvalue weighted by Gasteiger charge is -1.98.